The number of methoxy groups -OCH3 is 1. The molecule has 0 bridgehead atoms. The SMILES string of the molecule is COC(=O)/C(C)=C/CNCc1cccc(CO)c1. The topological polar surface area (TPSA) is 58.6 Å². The molecule has 0 aliphatic carbocycles. The highest BCUT2D eigenvalue weighted by Crippen LogP contribution is 2.04. The molecule has 1 aromatic carbocycles. The van der Waals surface area contributed by atoms with Crippen LogP contribution in [0.4, 0.5) is 0 Å². The molecule has 1 rings (SSSR count). The molecule has 0 radical (unpaired) electrons. The zero-order valence-corrected chi connectivity index (χ0v) is 10.8. The van der Waals surface area contributed by atoms with Crippen LogP contribution in [0.25, 0.3) is 0 Å². The Bertz CT molecular complexity index is 427. The van der Waals surface area contributed by atoms with Gasteiger partial charge < -0.3 is 15.2 Å². The Morgan fingerprint density at radius 3 is 2.83 bits per heavy atom. The molecule has 0 aliphatic heterocycles. The Hall–Kier alpha value is -1.65. The number of ether oxygens (including phenoxy) is 1. The van der Waals surface area contributed by atoms with Crippen LogP contribution in [0.5, 0.6) is 0 Å². The number of hydrogen-bond donors (Lipinski definition) is 2. The maximum Gasteiger partial charge on any atom is 0.333 e. The average molecular weight is 249 g/mol. The fourth-order valence-electron chi connectivity index (χ4n) is 1.52. The minimum atomic E-state index is -0.306. The van der Waals surface area contributed by atoms with E-state index < -0.39 is 0 Å². The molecule has 0 amide bonds. The van der Waals surface area contributed by atoms with E-state index in [0.717, 1.165) is 11.1 Å². The number of carbonyl (C=O) groups excluding carboxylic acids is 1. The summed E-state index contributed by atoms with van der Waals surface area (Å²) >= 11 is 0. The van der Waals surface area contributed by atoms with Gasteiger partial charge in [-0.05, 0) is 18.1 Å². The third-order valence-corrected chi connectivity index (χ3v) is 2.56. The smallest absolute Gasteiger partial charge is 0.333 e. The molecule has 2 N–H and O–H groups in total. The van der Waals surface area contributed by atoms with Gasteiger partial charge in [0.1, 0.15) is 0 Å². The van der Waals surface area contributed by atoms with Gasteiger partial charge in [0.25, 0.3) is 0 Å². The summed E-state index contributed by atoms with van der Waals surface area (Å²) in [6.45, 7) is 3.07. The van der Waals surface area contributed by atoms with Gasteiger partial charge in [0.05, 0.1) is 13.7 Å². The monoisotopic (exact) mass is 249 g/mol. The third-order valence-electron chi connectivity index (χ3n) is 2.56. The Kier molecular flexibility index (Phi) is 6.11. The molecular weight excluding hydrogens is 230 g/mol. The lowest BCUT2D eigenvalue weighted by molar-refractivity contribution is -0.136. The lowest BCUT2D eigenvalue weighted by Gasteiger charge is -2.04. The van der Waals surface area contributed by atoms with Gasteiger partial charge in [0.2, 0.25) is 0 Å². The molecule has 0 unspecified atom stereocenters. The first-order valence-electron chi connectivity index (χ1n) is 5.82. The van der Waals surface area contributed by atoms with Crippen LogP contribution in [0, 0.1) is 0 Å². The summed E-state index contributed by atoms with van der Waals surface area (Å²) < 4.78 is 4.59. The zero-order chi connectivity index (χ0) is 13.4. The van der Waals surface area contributed by atoms with E-state index in [-0.39, 0.29) is 12.6 Å². The second-order valence-corrected chi connectivity index (χ2v) is 3.99. The molecule has 0 saturated heterocycles. The van der Waals surface area contributed by atoms with E-state index in [2.05, 4.69) is 10.1 Å². The number of carbonyl (C=O) groups is 1. The van der Waals surface area contributed by atoms with Crippen molar-refractivity contribution in [3.05, 3.63) is 47.0 Å². The quantitative estimate of drug-likeness (QED) is 0.454. The first kappa shape index (κ1) is 14.4. The van der Waals surface area contributed by atoms with Crippen molar-refractivity contribution in [2.45, 2.75) is 20.1 Å². The molecule has 0 atom stereocenters. The van der Waals surface area contributed by atoms with Crippen molar-refractivity contribution < 1.29 is 14.6 Å². The summed E-state index contributed by atoms with van der Waals surface area (Å²) in [5.41, 5.74) is 2.59. The van der Waals surface area contributed by atoms with Gasteiger partial charge in [0, 0.05) is 18.7 Å². The van der Waals surface area contributed by atoms with Crippen molar-refractivity contribution in [1.82, 2.24) is 5.32 Å². The van der Waals surface area contributed by atoms with Crippen molar-refractivity contribution in [2.75, 3.05) is 13.7 Å². The number of rotatable bonds is 6. The van der Waals surface area contributed by atoms with Gasteiger partial charge in [0.15, 0.2) is 0 Å². The summed E-state index contributed by atoms with van der Waals surface area (Å²) in [6, 6.07) is 7.73. The van der Waals surface area contributed by atoms with Gasteiger partial charge in [-0.3, -0.25) is 0 Å². The first-order chi connectivity index (χ1) is 8.67. The lowest BCUT2D eigenvalue weighted by atomic mass is 10.1. The Morgan fingerprint density at radius 2 is 2.17 bits per heavy atom. The highest BCUT2D eigenvalue weighted by atomic mass is 16.5. The van der Waals surface area contributed by atoms with Crippen LogP contribution < -0.4 is 5.32 Å². The van der Waals surface area contributed by atoms with Crippen LogP contribution in [-0.2, 0) is 22.7 Å². The molecule has 4 nitrogen and oxygen atoms in total. The van der Waals surface area contributed by atoms with Gasteiger partial charge >= 0.3 is 5.97 Å². The van der Waals surface area contributed by atoms with Crippen molar-refractivity contribution in [3.63, 3.8) is 0 Å². The van der Waals surface area contributed by atoms with E-state index in [4.69, 9.17) is 5.11 Å². The number of esters is 1. The minimum Gasteiger partial charge on any atom is -0.466 e. The molecule has 1 aromatic rings. The number of benzene rings is 1. The first-order valence-corrected chi connectivity index (χ1v) is 5.82. The minimum absolute atomic E-state index is 0.0508. The van der Waals surface area contributed by atoms with Gasteiger partial charge in [-0.25, -0.2) is 4.79 Å². The van der Waals surface area contributed by atoms with Crippen LogP contribution in [0.1, 0.15) is 18.1 Å². The second-order valence-electron chi connectivity index (χ2n) is 3.99. The van der Waals surface area contributed by atoms with Crippen LogP contribution in [0.2, 0.25) is 0 Å². The predicted molar refractivity (Wildman–Crippen MR) is 69.8 cm³/mol. The van der Waals surface area contributed by atoms with Crippen LogP contribution in [-0.4, -0.2) is 24.7 Å². The van der Waals surface area contributed by atoms with E-state index in [1.807, 2.05) is 24.3 Å². The molecule has 4 heteroatoms. The van der Waals surface area contributed by atoms with Crippen molar-refractivity contribution in [3.8, 4) is 0 Å². The number of hydrogen-bond acceptors (Lipinski definition) is 4. The molecule has 18 heavy (non-hydrogen) atoms. The molecule has 0 heterocycles. The summed E-state index contributed by atoms with van der Waals surface area (Å²) in [7, 11) is 1.37. The zero-order valence-electron chi connectivity index (χ0n) is 10.8. The fraction of sp³-hybridized carbons (Fsp3) is 0.357. The van der Waals surface area contributed by atoms with E-state index in [0.29, 0.717) is 18.7 Å². The van der Waals surface area contributed by atoms with Crippen molar-refractivity contribution in [2.24, 2.45) is 0 Å². The number of aliphatic hydroxyl groups excluding tert-OH is 1. The summed E-state index contributed by atoms with van der Waals surface area (Å²) in [5.74, 6) is -0.306. The van der Waals surface area contributed by atoms with Gasteiger partial charge in [-0.2, -0.15) is 0 Å². The predicted octanol–water partition coefficient (Wildman–Crippen LogP) is 1.39. The van der Waals surface area contributed by atoms with Crippen molar-refractivity contribution in [1.29, 1.82) is 0 Å². The maximum absolute atomic E-state index is 11.1. The van der Waals surface area contributed by atoms with E-state index in [9.17, 15) is 4.79 Å². The molecule has 0 aliphatic rings. The van der Waals surface area contributed by atoms with Crippen LogP contribution in [0.3, 0.4) is 0 Å². The summed E-state index contributed by atoms with van der Waals surface area (Å²) in [6.07, 6.45) is 1.79. The lowest BCUT2D eigenvalue weighted by Crippen LogP contribution is -2.14. The summed E-state index contributed by atoms with van der Waals surface area (Å²) in [4.78, 5) is 11.1. The third kappa shape index (κ3) is 4.69. The number of nitrogens with one attached hydrogen (secondary N) is 1. The molecule has 0 aromatic heterocycles. The molecule has 0 saturated carbocycles. The Labute approximate surface area is 107 Å². The fourth-order valence-corrected chi connectivity index (χ4v) is 1.52. The Balaban J connectivity index is 2.39. The second kappa shape index (κ2) is 7.63. The Morgan fingerprint density at radius 1 is 1.44 bits per heavy atom. The highest BCUT2D eigenvalue weighted by molar-refractivity contribution is 5.87. The number of aliphatic hydroxyl groups is 1. The summed E-state index contributed by atoms with van der Waals surface area (Å²) in [5, 5.41) is 12.2. The highest BCUT2D eigenvalue weighted by Gasteiger charge is 2.01. The van der Waals surface area contributed by atoms with E-state index >= 15 is 0 Å². The molecule has 98 valence electrons. The molecular formula is C14H19NO3. The van der Waals surface area contributed by atoms with E-state index in [1.165, 1.54) is 7.11 Å². The average Bonchev–Trinajstić information content (AvgIpc) is 2.42. The van der Waals surface area contributed by atoms with E-state index in [1.54, 1.807) is 13.0 Å². The van der Waals surface area contributed by atoms with Crippen LogP contribution in [0.15, 0.2) is 35.9 Å². The van der Waals surface area contributed by atoms with Gasteiger partial charge in [-0.1, -0.05) is 30.3 Å². The van der Waals surface area contributed by atoms with Crippen LogP contribution >= 0.6 is 0 Å². The van der Waals surface area contributed by atoms with Crippen molar-refractivity contribution >= 4 is 5.97 Å². The standard InChI is InChI=1S/C14H19NO3/c1-11(14(17)18-2)6-7-15-9-12-4-3-5-13(8-12)10-16/h3-6,8,15-16H,7,9-10H2,1-2H3/b11-6+. The molecule has 0 fully saturated rings. The van der Waals surface area contributed by atoms with Gasteiger partial charge in [-0.15, -0.1) is 0 Å². The maximum atomic E-state index is 11.1. The normalized spacial score (nSPS) is 11.4. The molecule has 0 spiro atoms. The largest absolute Gasteiger partial charge is 0.466 e.